The average Bonchev–Trinajstić information content (AvgIpc) is 3.26. The lowest BCUT2D eigenvalue weighted by Gasteiger charge is -2.59. The zero-order valence-electron chi connectivity index (χ0n) is 16.8. The molecule has 0 amide bonds. The maximum atomic E-state index is 11.1. The Morgan fingerprint density at radius 3 is 2.89 bits per heavy atom. The van der Waals surface area contributed by atoms with E-state index in [9.17, 15) is 4.91 Å². The Labute approximate surface area is 163 Å². The number of fused-ring (bicyclic) bond motifs is 9. The van der Waals surface area contributed by atoms with Gasteiger partial charge in [0.15, 0.2) is 0 Å². The van der Waals surface area contributed by atoms with Crippen molar-refractivity contribution in [2.24, 2.45) is 52.0 Å². The molecule has 4 saturated carbocycles. The van der Waals surface area contributed by atoms with Crippen molar-refractivity contribution in [3.63, 3.8) is 0 Å². The van der Waals surface area contributed by atoms with E-state index in [1.165, 1.54) is 38.5 Å². The van der Waals surface area contributed by atoms with Gasteiger partial charge in [-0.05, 0) is 80.0 Å². The maximum Gasteiger partial charge on any atom is 0.110 e. The molecule has 1 spiro atoms. The third-order valence-corrected chi connectivity index (χ3v) is 10.0. The lowest BCUT2D eigenvalue weighted by Crippen LogP contribution is -2.56. The molecule has 5 aliphatic carbocycles. The predicted molar refractivity (Wildman–Crippen MR) is 106 cm³/mol. The van der Waals surface area contributed by atoms with Gasteiger partial charge in [0.25, 0.3) is 0 Å². The van der Waals surface area contributed by atoms with Crippen LogP contribution in [0.4, 0.5) is 0 Å². The Balaban J connectivity index is 1.40. The van der Waals surface area contributed by atoms with Crippen LogP contribution >= 0.6 is 0 Å². The number of nitrogens with zero attached hydrogens (tertiary/aromatic N) is 1. The first kappa shape index (κ1) is 16.9. The van der Waals surface area contributed by atoms with Crippen LogP contribution in [0, 0.1) is 51.7 Å². The minimum atomic E-state index is -0.0567. The SMILES string of the molecule is CCC1CC2=CC(N=O)CC[C@@H]2C2CC[C@@]3(C)C(C4CC4[C@@]34C=CCO4)C12. The molecule has 27 heavy (non-hydrogen) atoms. The van der Waals surface area contributed by atoms with E-state index in [0.29, 0.717) is 5.41 Å². The molecule has 4 fully saturated rings. The van der Waals surface area contributed by atoms with Crippen molar-refractivity contribution >= 4 is 0 Å². The van der Waals surface area contributed by atoms with Crippen molar-refractivity contribution in [3.8, 4) is 0 Å². The molecule has 0 radical (unpaired) electrons. The standard InChI is InChI=1S/C24H33NO2/c1-3-14-11-15-12-16(25-26)5-6-17(15)18-7-9-23(2)22(21(14)18)19-13-20(19)24(23)8-4-10-27-24/h4,8,12,14,16-22H,3,5-7,9-11,13H2,1-2H3/t14?,16?,17-,18?,19?,20?,21?,22?,23-,24-/m0/s1. The van der Waals surface area contributed by atoms with Crippen molar-refractivity contribution in [2.75, 3.05) is 6.61 Å². The Hall–Kier alpha value is -0.960. The quantitative estimate of drug-likeness (QED) is 0.477. The molecule has 0 aromatic carbocycles. The third kappa shape index (κ3) is 1.97. The lowest BCUT2D eigenvalue weighted by molar-refractivity contribution is -0.141. The molecule has 1 heterocycles. The second-order valence-electron chi connectivity index (χ2n) is 10.7. The van der Waals surface area contributed by atoms with E-state index in [-0.39, 0.29) is 11.6 Å². The van der Waals surface area contributed by atoms with E-state index >= 15 is 0 Å². The van der Waals surface area contributed by atoms with E-state index in [2.05, 4.69) is 37.3 Å². The third-order valence-electron chi connectivity index (χ3n) is 10.0. The Morgan fingerprint density at radius 2 is 2.15 bits per heavy atom. The van der Waals surface area contributed by atoms with Crippen molar-refractivity contribution in [1.82, 2.24) is 0 Å². The Bertz CT molecular complexity index is 728. The summed E-state index contributed by atoms with van der Waals surface area (Å²) in [7, 11) is 0. The predicted octanol–water partition coefficient (Wildman–Crippen LogP) is 5.51. The van der Waals surface area contributed by atoms with Gasteiger partial charge in [0.2, 0.25) is 0 Å². The first-order valence-electron chi connectivity index (χ1n) is 11.5. The minimum Gasteiger partial charge on any atom is -0.366 e. The van der Waals surface area contributed by atoms with Crippen LogP contribution in [0.3, 0.4) is 0 Å². The summed E-state index contributed by atoms with van der Waals surface area (Å²) >= 11 is 0. The van der Waals surface area contributed by atoms with Gasteiger partial charge in [-0.15, -0.1) is 0 Å². The summed E-state index contributed by atoms with van der Waals surface area (Å²) < 4.78 is 6.54. The van der Waals surface area contributed by atoms with Crippen molar-refractivity contribution in [2.45, 2.75) is 70.4 Å². The van der Waals surface area contributed by atoms with Crippen LogP contribution in [-0.2, 0) is 4.74 Å². The number of nitroso groups, excluding NO2 is 1. The zero-order chi connectivity index (χ0) is 18.4. The highest BCUT2D eigenvalue weighted by atomic mass is 16.5. The molecule has 0 saturated heterocycles. The van der Waals surface area contributed by atoms with E-state index in [4.69, 9.17) is 4.74 Å². The maximum absolute atomic E-state index is 11.1. The molecule has 1 aliphatic heterocycles. The fourth-order valence-electron chi connectivity index (χ4n) is 9.05. The van der Waals surface area contributed by atoms with Gasteiger partial charge in [-0.25, -0.2) is 0 Å². The minimum absolute atomic E-state index is 0.0564. The molecule has 6 aliphatic rings. The normalized spacial score (nSPS) is 57.5. The summed E-state index contributed by atoms with van der Waals surface area (Å²) in [6.45, 7) is 5.81. The smallest absolute Gasteiger partial charge is 0.110 e. The molecular weight excluding hydrogens is 334 g/mol. The highest BCUT2D eigenvalue weighted by molar-refractivity contribution is 5.34. The van der Waals surface area contributed by atoms with Crippen LogP contribution in [0.15, 0.2) is 29.0 Å². The summed E-state index contributed by atoms with van der Waals surface area (Å²) in [6, 6.07) is -0.0567. The summed E-state index contributed by atoms with van der Waals surface area (Å²) in [5.74, 6) is 5.75. The molecule has 146 valence electrons. The summed E-state index contributed by atoms with van der Waals surface area (Å²) in [5.41, 5.74) is 1.99. The van der Waals surface area contributed by atoms with Crippen LogP contribution in [0.2, 0.25) is 0 Å². The van der Waals surface area contributed by atoms with E-state index in [1.807, 2.05) is 0 Å². The van der Waals surface area contributed by atoms with Crippen LogP contribution in [0.5, 0.6) is 0 Å². The second-order valence-corrected chi connectivity index (χ2v) is 10.7. The van der Waals surface area contributed by atoms with Crippen LogP contribution in [-0.4, -0.2) is 18.2 Å². The van der Waals surface area contributed by atoms with Crippen LogP contribution in [0.1, 0.15) is 58.8 Å². The van der Waals surface area contributed by atoms with Crippen molar-refractivity contribution in [1.29, 1.82) is 0 Å². The van der Waals surface area contributed by atoms with Gasteiger partial charge < -0.3 is 4.74 Å². The van der Waals surface area contributed by atoms with Gasteiger partial charge in [-0.2, -0.15) is 4.91 Å². The largest absolute Gasteiger partial charge is 0.366 e. The van der Waals surface area contributed by atoms with Crippen LogP contribution < -0.4 is 0 Å². The Kier molecular flexibility index (Phi) is 3.49. The van der Waals surface area contributed by atoms with Crippen molar-refractivity contribution in [3.05, 3.63) is 28.7 Å². The molecule has 3 nitrogen and oxygen atoms in total. The zero-order valence-corrected chi connectivity index (χ0v) is 16.8. The average molecular weight is 368 g/mol. The van der Waals surface area contributed by atoms with Gasteiger partial charge in [0.05, 0.1) is 12.2 Å². The first-order chi connectivity index (χ1) is 13.1. The first-order valence-corrected chi connectivity index (χ1v) is 11.5. The monoisotopic (exact) mass is 367 g/mol. The van der Waals surface area contributed by atoms with Gasteiger partial charge in [-0.1, -0.05) is 49.2 Å². The second kappa shape index (κ2) is 5.55. The fourth-order valence-corrected chi connectivity index (χ4v) is 9.05. The molecule has 0 bridgehead atoms. The molecule has 6 rings (SSSR count). The fraction of sp³-hybridized carbons (Fsp3) is 0.833. The number of ether oxygens (including phenoxy) is 1. The van der Waals surface area contributed by atoms with E-state index < -0.39 is 0 Å². The number of hydrogen-bond acceptors (Lipinski definition) is 3. The topological polar surface area (TPSA) is 38.7 Å². The summed E-state index contributed by atoms with van der Waals surface area (Å²) in [6.07, 6.45) is 15.8. The number of allylic oxidation sites excluding steroid dienone is 1. The summed E-state index contributed by atoms with van der Waals surface area (Å²) in [5, 5.41) is 3.37. The molecule has 0 aromatic heterocycles. The van der Waals surface area contributed by atoms with Crippen molar-refractivity contribution < 1.29 is 4.74 Å². The summed E-state index contributed by atoms with van der Waals surface area (Å²) in [4.78, 5) is 11.1. The number of rotatable bonds is 2. The highest BCUT2D eigenvalue weighted by Gasteiger charge is 2.76. The molecular formula is C24H33NO2. The molecule has 3 heteroatoms. The van der Waals surface area contributed by atoms with Gasteiger partial charge in [0, 0.05) is 5.41 Å². The lowest BCUT2D eigenvalue weighted by atomic mass is 9.46. The van der Waals surface area contributed by atoms with Gasteiger partial charge in [0.1, 0.15) is 6.04 Å². The van der Waals surface area contributed by atoms with E-state index in [1.54, 1.807) is 5.57 Å². The van der Waals surface area contributed by atoms with Gasteiger partial charge in [-0.3, -0.25) is 0 Å². The molecule has 10 atom stereocenters. The van der Waals surface area contributed by atoms with Crippen LogP contribution in [0.25, 0.3) is 0 Å². The highest BCUT2D eigenvalue weighted by Crippen LogP contribution is 2.78. The van der Waals surface area contributed by atoms with E-state index in [0.717, 1.165) is 54.5 Å². The molecule has 0 aromatic rings. The molecule has 7 unspecified atom stereocenters. The number of hydrogen-bond donors (Lipinski definition) is 0. The van der Waals surface area contributed by atoms with Gasteiger partial charge >= 0.3 is 0 Å². The Morgan fingerprint density at radius 1 is 1.26 bits per heavy atom. The molecule has 0 N–H and O–H groups in total.